The summed E-state index contributed by atoms with van der Waals surface area (Å²) in [6.07, 6.45) is -1.73. The normalized spacial score (nSPS) is 22.5. The average Bonchev–Trinajstić information content (AvgIpc) is 3.03. The van der Waals surface area contributed by atoms with E-state index in [1.807, 2.05) is 0 Å². The number of alkyl halides is 4. The Bertz CT molecular complexity index is 905. The highest BCUT2D eigenvalue weighted by molar-refractivity contribution is 6.31. The molecule has 12 heteroatoms. The van der Waals surface area contributed by atoms with Crippen molar-refractivity contribution in [1.29, 1.82) is 0 Å². The molecule has 2 heterocycles. The summed E-state index contributed by atoms with van der Waals surface area (Å²) in [5.74, 6) is -4.60. The Labute approximate surface area is 160 Å². The maximum absolute atomic E-state index is 14.5. The van der Waals surface area contributed by atoms with Crippen molar-refractivity contribution in [2.75, 3.05) is 11.9 Å². The van der Waals surface area contributed by atoms with Crippen LogP contribution in [0.25, 0.3) is 0 Å². The van der Waals surface area contributed by atoms with Crippen LogP contribution in [0.15, 0.2) is 29.4 Å². The predicted molar refractivity (Wildman–Crippen MR) is 92.2 cm³/mol. The zero-order chi connectivity index (χ0) is 20.7. The molecule has 0 amide bonds. The molecule has 0 bridgehead atoms. The van der Waals surface area contributed by atoms with Crippen molar-refractivity contribution in [3.8, 4) is 0 Å². The fourth-order valence-corrected chi connectivity index (χ4v) is 3.03. The number of ether oxygens (including phenoxy) is 1. The molecule has 6 nitrogen and oxygen atoms in total. The molecule has 0 fully saturated rings. The van der Waals surface area contributed by atoms with Crippen molar-refractivity contribution in [2.45, 2.75) is 30.9 Å². The van der Waals surface area contributed by atoms with E-state index < -0.39 is 47.9 Å². The number of halogens is 6. The van der Waals surface area contributed by atoms with Crippen molar-refractivity contribution in [3.05, 3.63) is 46.5 Å². The summed E-state index contributed by atoms with van der Waals surface area (Å²) in [4.78, 5) is 3.59. The SMILES string of the molecule is C[C@]1(c2cc(NC(c3n[nH]cc3Cl)C(F)F)ccc2F)N=C(N)OCC1(F)F. The van der Waals surface area contributed by atoms with Gasteiger partial charge in [0, 0.05) is 17.4 Å². The quantitative estimate of drug-likeness (QED) is 0.638. The largest absolute Gasteiger partial charge is 0.459 e. The fraction of sp³-hybridized carbons (Fsp3) is 0.375. The number of aliphatic imine (C=N–C) groups is 1. The third-order valence-corrected chi connectivity index (χ3v) is 4.73. The summed E-state index contributed by atoms with van der Waals surface area (Å²) in [5, 5.41) is 8.42. The van der Waals surface area contributed by atoms with Gasteiger partial charge in [0.05, 0.1) is 5.02 Å². The van der Waals surface area contributed by atoms with Crippen molar-refractivity contribution in [1.82, 2.24) is 10.2 Å². The molecule has 4 N–H and O–H groups in total. The van der Waals surface area contributed by atoms with Gasteiger partial charge >= 0.3 is 5.92 Å². The van der Waals surface area contributed by atoms with E-state index in [4.69, 9.17) is 17.3 Å². The van der Waals surface area contributed by atoms with E-state index in [9.17, 15) is 22.0 Å². The number of nitrogens with one attached hydrogen (secondary N) is 2. The Morgan fingerprint density at radius 2 is 2.07 bits per heavy atom. The van der Waals surface area contributed by atoms with Gasteiger partial charge in [-0.2, -0.15) is 13.9 Å². The molecule has 0 radical (unpaired) electrons. The van der Waals surface area contributed by atoms with E-state index in [1.54, 1.807) is 0 Å². The Balaban J connectivity index is 2.02. The number of nitrogens with two attached hydrogens (primary N) is 1. The number of aromatic amines is 1. The number of anilines is 1. The van der Waals surface area contributed by atoms with Crippen LogP contribution in [0, 0.1) is 5.82 Å². The summed E-state index contributed by atoms with van der Waals surface area (Å²) in [6.45, 7) is -0.113. The zero-order valence-corrected chi connectivity index (χ0v) is 15.1. The number of nitrogens with zero attached hydrogens (tertiary/aromatic N) is 2. The smallest absolute Gasteiger partial charge is 0.310 e. The third kappa shape index (κ3) is 3.46. The maximum atomic E-state index is 14.5. The van der Waals surface area contributed by atoms with E-state index >= 15 is 0 Å². The Morgan fingerprint density at radius 1 is 1.36 bits per heavy atom. The van der Waals surface area contributed by atoms with Gasteiger partial charge < -0.3 is 15.8 Å². The molecule has 1 unspecified atom stereocenters. The minimum Gasteiger partial charge on any atom is -0.459 e. The van der Waals surface area contributed by atoms with Gasteiger partial charge in [-0.3, -0.25) is 5.10 Å². The lowest BCUT2D eigenvalue weighted by atomic mass is 9.85. The highest BCUT2D eigenvalue weighted by atomic mass is 35.5. The van der Waals surface area contributed by atoms with E-state index in [2.05, 4.69) is 25.2 Å². The molecule has 1 aliphatic rings. The van der Waals surface area contributed by atoms with Crippen LogP contribution in [0.5, 0.6) is 0 Å². The van der Waals surface area contributed by atoms with Gasteiger partial charge in [-0.15, -0.1) is 0 Å². The molecule has 2 aromatic rings. The van der Waals surface area contributed by atoms with Gasteiger partial charge in [-0.25, -0.2) is 18.2 Å². The summed E-state index contributed by atoms with van der Waals surface area (Å²) in [5.41, 5.74) is 2.24. The van der Waals surface area contributed by atoms with Crippen LogP contribution in [0.3, 0.4) is 0 Å². The van der Waals surface area contributed by atoms with Gasteiger partial charge in [0.15, 0.2) is 12.1 Å². The summed E-state index contributed by atoms with van der Waals surface area (Å²) in [7, 11) is 0. The second-order valence-corrected chi connectivity index (χ2v) is 6.69. The minimum atomic E-state index is -3.59. The molecule has 1 aromatic carbocycles. The van der Waals surface area contributed by atoms with Crippen LogP contribution < -0.4 is 11.1 Å². The fourth-order valence-electron chi connectivity index (χ4n) is 2.82. The van der Waals surface area contributed by atoms with Crippen molar-refractivity contribution in [3.63, 3.8) is 0 Å². The number of hydrogen-bond donors (Lipinski definition) is 3. The van der Waals surface area contributed by atoms with E-state index in [0.29, 0.717) is 0 Å². The number of rotatable bonds is 5. The maximum Gasteiger partial charge on any atom is 0.310 e. The van der Waals surface area contributed by atoms with Gasteiger partial charge in [0.2, 0.25) is 0 Å². The van der Waals surface area contributed by atoms with Crippen molar-refractivity contribution < 1.29 is 26.7 Å². The van der Waals surface area contributed by atoms with Gasteiger partial charge in [0.1, 0.15) is 17.6 Å². The first-order chi connectivity index (χ1) is 13.0. The molecule has 3 rings (SSSR count). The average molecular weight is 424 g/mol. The van der Waals surface area contributed by atoms with Crippen molar-refractivity contribution >= 4 is 23.3 Å². The first-order valence-electron chi connectivity index (χ1n) is 7.95. The Kier molecular flexibility index (Phi) is 5.13. The first-order valence-corrected chi connectivity index (χ1v) is 8.33. The molecule has 0 aliphatic carbocycles. The molecule has 28 heavy (non-hydrogen) atoms. The van der Waals surface area contributed by atoms with E-state index in [1.165, 1.54) is 6.20 Å². The highest BCUT2D eigenvalue weighted by Gasteiger charge is 2.56. The molecule has 1 aromatic heterocycles. The summed E-state index contributed by atoms with van der Waals surface area (Å²) in [6, 6.07) is 0.785. The third-order valence-electron chi connectivity index (χ3n) is 4.43. The Morgan fingerprint density at radius 3 is 2.68 bits per heavy atom. The van der Waals surface area contributed by atoms with Crippen LogP contribution in [0.1, 0.15) is 24.2 Å². The van der Waals surface area contributed by atoms with Gasteiger partial charge in [-0.1, -0.05) is 11.6 Å². The number of H-pyrrole nitrogens is 1. The number of amidine groups is 1. The lowest BCUT2D eigenvalue weighted by molar-refractivity contribution is -0.117. The molecular formula is C16H15ClF5N5O. The Hall–Kier alpha value is -2.56. The number of aromatic nitrogens is 2. The number of benzene rings is 1. The molecular weight excluding hydrogens is 409 g/mol. The summed E-state index contributed by atoms with van der Waals surface area (Å²) < 4.78 is 74.9. The van der Waals surface area contributed by atoms with Crippen LogP contribution >= 0.6 is 11.6 Å². The summed E-state index contributed by atoms with van der Waals surface area (Å²) >= 11 is 5.83. The van der Waals surface area contributed by atoms with E-state index in [0.717, 1.165) is 25.1 Å². The molecule has 1 aliphatic heterocycles. The minimum absolute atomic E-state index is 0.0413. The van der Waals surface area contributed by atoms with E-state index in [-0.39, 0.29) is 16.4 Å². The first kappa shape index (κ1) is 20.2. The standard InChI is InChI=1S/C16H15ClF5N5O/c1-15(16(21,22)6-28-14(23)26-15)8-4-7(2-3-10(8)18)25-12(13(19)20)11-9(17)5-24-27-11/h2-5,12-13,25H,6H2,1H3,(H2,23,26)(H,24,27)/t12?,15-/m1/s1. The molecule has 0 saturated carbocycles. The van der Waals surface area contributed by atoms with Crippen LogP contribution in [0.2, 0.25) is 5.02 Å². The molecule has 152 valence electrons. The monoisotopic (exact) mass is 423 g/mol. The lowest BCUT2D eigenvalue weighted by Gasteiger charge is -2.37. The zero-order valence-electron chi connectivity index (χ0n) is 14.3. The van der Waals surface area contributed by atoms with Crippen LogP contribution in [-0.4, -0.2) is 35.2 Å². The van der Waals surface area contributed by atoms with Gasteiger partial charge in [-0.05, 0) is 25.1 Å². The molecule has 0 spiro atoms. The second kappa shape index (κ2) is 7.12. The number of hydrogen-bond acceptors (Lipinski definition) is 5. The molecule has 0 saturated heterocycles. The topological polar surface area (TPSA) is 88.3 Å². The van der Waals surface area contributed by atoms with Crippen LogP contribution in [-0.2, 0) is 10.3 Å². The van der Waals surface area contributed by atoms with Crippen molar-refractivity contribution in [2.24, 2.45) is 10.7 Å². The molecule has 2 atom stereocenters. The predicted octanol–water partition coefficient (Wildman–Crippen LogP) is 3.82. The lowest BCUT2D eigenvalue weighted by Crippen LogP contribution is -2.51. The van der Waals surface area contributed by atoms with Gasteiger partial charge in [0.25, 0.3) is 12.4 Å². The highest BCUT2D eigenvalue weighted by Crippen LogP contribution is 2.45. The van der Waals surface area contributed by atoms with Crippen LogP contribution in [0.4, 0.5) is 27.6 Å². The second-order valence-electron chi connectivity index (χ2n) is 6.28.